The van der Waals surface area contributed by atoms with Gasteiger partial charge in [-0.2, -0.15) is 5.26 Å². The molecule has 1 heterocycles. The molecule has 0 bridgehead atoms. The predicted molar refractivity (Wildman–Crippen MR) is 91.9 cm³/mol. The van der Waals surface area contributed by atoms with Gasteiger partial charge in [0.05, 0.1) is 11.6 Å². The second-order valence-electron chi connectivity index (χ2n) is 5.33. The average molecular weight is 320 g/mol. The van der Waals surface area contributed by atoms with Crippen LogP contribution in [0.25, 0.3) is 11.4 Å². The molecule has 0 saturated carbocycles. The van der Waals surface area contributed by atoms with Crippen molar-refractivity contribution in [3.8, 4) is 17.5 Å². The molecule has 0 radical (unpaired) electrons. The molecule has 0 aliphatic rings. The van der Waals surface area contributed by atoms with E-state index in [0.29, 0.717) is 5.56 Å². The molecule has 4 nitrogen and oxygen atoms in total. The number of aromatic nitrogens is 3. The Hall–Kier alpha value is -2.58. The van der Waals surface area contributed by atoms with Crippen molar-refractivity contribution in [1.82, 2.24) is 14.8 Å². The number of benzene rings is 2. The van der Waals surface area contributed by atoms with Crippen molar-refractivity contribution in [2.24, 2.45) is 7.05 Å². The van der Waals surface area contributed by atoms with E-state index in [0.717, 1.165) is 27.9 Å². The number of hydrogen-bond acceptors (Lipinski definition) is 4. The third-order valence-corrected chi connectivity index (χ3v) is 4.66. The fourth-order valence-electron chi connectivity index (χ4n) is 2.27. The minimum Gasteiger partial charge on any atom is -0.305 e. The molecule has 114 valence electrons. The van der Waals surface area contributed by atoms with Crippen molar-refractivity contribution in [2.75, 3.05) is 0 Å². The van der Waals surface area contributed by atoms with Gasteiger partial charge in [0, 0.05) is 18.4 Å². The van der Waals surface area contributed by atoms with Gasteiger partial charge in [-0.05, 0) is 24.6 Å². The average Bonchev–Trinajstić information content (AvgIpc) is 2.95. The first-order chi connectivity index (χ1) is 11.2. The molecule has 0 aliphatic carbocycles. The van der Waals surface area contributed by atoms with Crippen LogP contribution in [0.3, 0.4) is 0 Å². The van der Waals surface area contributed by atoms with Gasteiger partial charge in [0.1, 0.15) is 0 Å². The molecule has 3 aromatic rings. The molecule has 0 N–H and O–H groups in total. The second-order valence-corrected chi connectivity index (χ2v) is 6.27. The molecule has 0 spiro atoms. The highest BCUT2D eigenvalue weighted by Crippen LogP contribution is 2.25. The fraction of sp³-hybridized carbons (Fsp3) is 0.167. The number of nitriles is 1. The summed E-state index contributed by atoms with van der Waals surface area (Å²) in [6.07, 6.45) is 0. The van der Waals surface area contributed by atoms with Crippen molar-refractivity contribution in [1.29, 1.82) is 5.26 Å². The van der Waals surface area contributed by atoms with Crippen LogP contribution in [0.5, 0.6) is 0 Å². The van der Waals surface area contributed by atoms with Crippen LogP contribution in [0, 0.1) is 18.3 Å². The molecule has 1 aromatic heterocycles. The van der Waals surface area contributed by atoms with E-state index >= 15 is 0 Å². The Morgan fingerprint density at radius 1 is 1.13 bits per heavy atom. The van der Waals surface area contributed by atoms with Gasteiger partial charge in [0.2, 0.25) is 0 Å². The van der Waals surface area contributed by atoms with Crippen molar-refractivity contribution in [3.05, 3.63) is 65.2 Å². The predicted octanol–water partition coefficient (Wildman–Crippen LogP) is 3.95. The molecule has 0 fully saturated rings. The van der Waals surface area contributed by atoms with Gasteiger partial charge in [-0.15, -0.1) is 10.2 Å². The molecule has 23 heavy (non-hydrogen) atoms. The molecule has 0 saturated heterocycles. The van der Waals surface area contributed by atoms with E-state index in [9.17, 15) is 0 Å². The monoisotopic (exact) mass is 320 g/mol. The largest absolute Gasteiger partial charge is 0.305 e. The molecular weight excluding hydrogens is 304 g/mol. The normalized spacial score (nSPS) is 10.5. The highest BCUT2D eigenvalue weighted by atomic mass is 32.2. The summed E-state index contributed by atoms with van der Waals surface area (Å²) in [6.45, 7) is 2.07. The SMILES string of the molecule is Cc1ccc(-c2nnc(SCc3cccc(C#N)c3)n2C)cc1. The molecule has 3 rings (SSSR count). The molecule has 5 heteroatoms. The molecule has 2 aromatic carbocycles. The van der Waals surface area contributed by atoms with E-state index in [4.69, 9.17) is 5.26 Å². The Bertz CT molecular complexity index is 859. The Kier molecular flexibility index (Phi) is 4.45. The zero-order valence-corrected chi connectivity index (χ0v) is 13.8. The summed E-state index contributed by atoms with van der Waals surface area (Å²) in [4.78, 5) is 0. The van der Waals surface area contributed by atoms with Crippen LogP contribution in [0.1, 0.15) is 16.7 Å². The van der Waals surface area contributed by atoms with E-state index in [1.165, 1.54) is 5.56 Å². The zero-order valence-electron chi connectivity index (χ0n) is 13.0. The number of hydrogen-bond donors (Lipinski definition) is 0. The number of rotatable bonds is 4. The number of nitrogens with zero attached hydrogens (tertiary/aromatic N) is 4. The second kappa shape index (κ2) is 6.67. The van der Waals surface area contributed by atoms with Crippen LogP contribution >= 0.6 is 11.8 Å². The van der Waals surface area contributed by atoms with Gasteiger partial charge >= 0.3 is 0 Å². The summed E-state index contributed by atoms with van der Waals surface area (Å²) in [6, 6.07) is 18.1. The summed E-state index contributed by atoms with van der Waals surface area (Å²) in [5, 5.41) is 18.4. The quantitative estimate of drug-likeness (QED) is 0.683. The lowest BCUT2D eigenvalue weighted by atomic mass is 10.1. The third kappa shape index (κ3) is 3.43. The number of aryl methyl sites for hydroxylation is 1. The first kappa shape index (κ1) is 15.3. The lowest BCUT2D eigenvalue weighted by molar-refractivity contribution is 0.794. The highest BCUT2D eigenvalue weighted by molar-refractivity contribution is 7.98. The van der Waals surface area contributed by atoms with Gasteiger partial charge in [0.15, 0.2) is 11.0 Å². The molecule has 0 amide bonds. The van der Waals surface area contributed by atoms with Crippen LogP contribution in [-0.2, 0) is 12.8 Å². The topological polar surface area (TPSA) is 54.5 Å². The van der Waals surface area contributed by atoms with E-state index < -0.39 is 0 Å². The van der Waals surface area contributed by atoms with Gasteiger partial charge in [-0.3, -0.25) is 0 Å². The van der Waals surface area contributed by atoms with E-state index in [1.807, 2.05) is 35.9 Å². The van der Waals surface area contributed by atoms with Crippen molar-refractivity contribution in [2.45, 2.75) is 17.8 Å². The van der Waals surface area contributed by atoms with Gasteiger partial charge in [-0.25, -0.2) is 0 Å². The zero-order chi connectivity index (χ0) is 16.2. The van der Waals surface area contributed by atoms with Crippen molar-refractivity contribution in [3.63, 3.8) is 0 Å². The Balaban J connectivity index is 1.77. The van der Waals surface area contributed by atoms with Crippen LogP contribution in [0.15, 0.2) is 53.7 Å². The summed E-state index contributed by atoms with van der Waals surface area (Å²) in [5.74, 6) is 1.62. The van der Waals surface area contributed by atoms with Crippen molar-refractivity contribution < 1.29 is 0 Å². The maximum Gasteiger partial charge on any atom is 0.191 e. The standard InChI is InChI=1S/C18H16N4S/c1-13-6-8-16(9-7-13)17-20-21-18(22(17)2)23-12-15-5-3-4-14(10-15)11-19/h3-10H,12H2,1-2H3. The van der Waals surface area contributed by atoms with E-state index in [1.54, 1.807) is 11.8 Å². The first-order valence-electron chi connectivity index (χ1n) is 7.25. The van der Waals surface area contributed by atoms with Crippen molar-refractivity contribution >= 4 is 11.8 Å². The highest BCUT2D eigenvalue weighted by Gasteiger charge is 2.11. The summed E-state index contributed by atoms with van der Waals surface area (Å²) >= 11 is 1.62. The Labute approximate surface area is 139 Å². The third-order valence-electron chi connectivity index (χ3n) is 3.57. The first-order valence-corrected chi connectivity index (χ1v) is 8.24. The summed E-state index contributed by atoms with van der Waals surface area (Å²) in [5.41, 5.74) is 4.07. The minimum atomic E-state index is 0.682. The molecule has 0 aliphatic heterocycles. The van der Waals surface area contributed by atoms with Crippen LogP contribution in [0.4, 0.5) is 0 Å². The lowest BCUT2D eigenvalue weighted by Crippen LogP contribution is -1.95. The van der Waals surface area contributed by atoms with Gasteiger partial charge < -0.3 is 4.57 Å². The van der Waals surface area contributed by atoms with Gasteiger partial charge in [0.25, 0.3) is 0 Å². The fourth-order valence-corrected chi connectivity index (χ4v) is 3.13. The minimum absolute atomic E-state index is 0.682. The maximum absolute atomic E-state index is 8.96. The lowest BCUT2D eigenvalue weighted by Gasteiger charge is -2.05. The Morgan fingerprint density at radius 2 is 1.91 bits per heavy atom. The number of thioether (sulfide) groups is 1. The summed E-state index contributed by atoms with van der Waals surface area (Å²) in [7, 11) is 1.98. The molecular formula is C18H16N4S. The molecule has 0 unspecified atom stereocenters. The van der Waals surface area contributed by atoms with E-state index in [2.05, 4.69) is 47.5 Å². The smallest absolute Gasteiger partial charge is 0.191 e. The summed E-state index contributed by atoms with van der Waals surface area (Å²) < 4.78 is 2.00. The van der Waals surface area contributed by atoms with Crippen LogP contribution in [0.2, 0.25) is 0 Å². The van der Waals surface area contributed by atoms with E-state index in [-0.39, 0.29) is 0 Å². The molecule has 0 atom stereocenters. The van der Waals surface area contributed by atoms with Gasteiger partial charge in [-0.1, -0.05) is 53.7 Å². The Morgan fingerprint density at radius 3 is 2.65 bits per heavy atom. The van der Waals surface area contributed by atoms with Crippen LogP contribution in [-0.4, -0.2) is 14.8 Å². The van der Waals surface area contributed by atoms with Crippen LogP contribution < -0.4 is 0 Å². The maximum atomic E-state index is 8.96.